The fourth-order valence-corrected chi connectivity index (χ4v) is 3.03. The monoisotopic (exact) mass is 334 g/mol. The van der Waals surface area contributed by atoms with Crippen LogP contribution in [-0.2, 0) is 28.5 Å². The minimum absolute atomic E-state index is 0.0753. The lowest BCUT2D eigenvalue weighted by atomic mass is 9.84. The lowest BCUT2D eigenvalue weighted by Crippen LogP contribution is -2.61. The van der Waals surface area contributed by atoms with Crippen LogP contribution >= 0.6 is 0 Å². The molecule has 2 heterocycles. The zero-order valence-corrected chi connectivity index (χ0v) is 14.1. The summed E-state index contributed by atoms with van der Waals surface area (Å²) in [6.45, 7) is 5.41. The summed E-state index contributed by atoms with van der Waals surface area (Å²) in [7, 11) is 2.50. The van der Waals surface area contributed by atoms with Gasteiger partial charge in [0, 0.05) is 19.4 Å². The first-order valence-electron chi connectivity index (χ1n) is 7.65. The van der Waals surface area contributed by atoms with Crippen molar-refractivity contribution in [2.24, 2.45) is 5.92 Å². The van der Waals surface area contributed by atoms with Crippen molar-refractivity contribution in [2.75, 3.05) is 20.8 Å². The second kappa shape index (κ2) is 6.62. The van der Waals surface area contributed by atoms with E-state index >= 15 is 0 Å². The number of hydrogen-bond donors (Lipinski definition) is 2. The number of carbonyl (C=O) groups is 1. The van der Waals surface area contributed by atoms with Crippen LogP contribution < -0.4 is 0 Å². The highest BCUT2D eigenvalue weighted by Crippen LogP contribution is 2.38. The Morgan fingerprint density at radius 1 is 1.30 bits per heavy atom. The number of methoxy groups -OCH3 is 2. The van der Waals surface area contributed by atoms with Crippen LogP contribution in [-0.4, -0.2) is 73.0 Å². The number of carbonyl (C=O) groups excluding carboxylic acids is 1. The Bertz CT molecular complexity index is 439. The van der Waals surface area contributed by atoms with E-state index in [-0.39, 0.29) is 13.0 Å². The maximum absolute atomic E-state index is 12.0. The van der Waals surface area contributed by atoms with Gasteiger partial charge in [0.15, 0.2) is 5.79 Å². The topological polar surface area (TPSA) is 104 Å². The average Bonchev–Trinajstić information content (AvgIpc) is 2.88. The Morgan fingerprint density at radius 3 is 2.43 bits per heavy atom. The quantitative estimate of drug-likeness (QED) is 0.681. The van der Waals surface area contributed by atoms with E-state index in [1.54, 1.807) is 20.8 Å². The van der Waals surface area contributed by atoms with Gasteiger partial charge < -0.3 is 33.9 Å². The zero-order chi connectivity index (χ0) is 17.4. The Labute approximate surface area is 135 Å². The first kappa shape index (κ1) is 18.6. The van der Waals surface area contributed by atoms with Gasteiger partial charge in [0.25, 0.3) is 5.79 Å². The van der Waals surface area contributed by atoms with Crippen LogP contribution in [0.25, 0.3) is 0 Å². The SMILES string of the molecule is COC(=O)[C@]1(OC)C[C@@H](O)[C@@H](C)C([C@H](O)[C@H]2COC(C)(C)O2)O1. The van der Waals surface area contributed by atoms with Crippen LogP contribution in [0, 0.1) is 5.92 Å². The van der Waals surface area contributed by atoms with E-state index in [1.807, 2.05) is 0 Å². The van der Waals surface area contributed by atoms with Crippen LogP contribution in [0.1, 0.15) is 27.2 Å². The van der Waals surface area contributed by atoms with E-state index in [0.717, 1.165) is 0 Å². The summed E-state index contributed by atoms with van der Waals surface area (Å²) in [4.78, 5) is 12.0. The summed E-state index contributed by atoms with van der Waals surface area (Å²) < 4.78 is 26.8. The highest BCUT2D eigenvalue weighted by molar-refractivity contribution is 5.78. The lowest BCUT2D eigenvalue weighted by molar-refractivity contribution is -0.312. The second-order valence-electron chi connectivity index (χ2n) is 6.52. The molecule has 8 heteroatoms. The zero-order valence-electron chi connectivity index (χ0n) is 14.1. The maximum atomic E-state index is 12.0. The first-order valence-corrected chi connectivity index (χ1v) is 7.65. The van der Waals surface area contributed by atoms with Crippen molar-refractivity contribution in [1.82, 2.24) is 0 Å². The van der Waals surface area contributed by atoms with Crippen LogP contribution in [0.15, 0.2) is 0 Å². The van der Waals surface area contributed by atoms with Gasteiger partial charge in [0.2, 0.25) is 0 Å². The summed E-state index contributed by atoms with van der Waals surface area (Å²) in [6.07, 6.45) is -3.58. The first-order chi connectivity index (χ1) is 10.7. The number of aliphatic hydroxyl groups is 2. The van der Waals surface area contributed by atoms with Gasteiger partial charge in [0.1, 0.15) is 12.2 Å². The minimum Gasteiger partial charge on any atom is -0.465 e. The van der Waals surface area contributed by atoms with Crippen molar-refractivity contribution in [2.45, 2.75) is 63.2 Å². The van der Waals surface area contributed by atoms with Crippen molar-refractivity contribution in [3.8, 4) is 0 Å². The molecule has 2 rings (SSSR count). The highest BCUT2D eigenvalue weighted by atomic mass is 16.8. The van der Waals surface area contributed by atoms with Crippen molar-refractivity contribution in [3.05, 3.63) is 0 Å². The fourth-order valence-electron chi connectivity index (χ4n) is 3.03. The van der Waals surface area contributed by atoms with Gasteiger partial charge in [0.05, 0.1) is 25.9 Å². The molecule has 23 heavy (non-hydrogen) atoms. The van der Waals surface area contributed by atoms with Crippen molar-refractivity contribution in [1.29, 1.82) is 0 Å². The number of esters is 1. The standard InChI is InChI=1S/C15H26O8/c1-8-9(16)6-15(20-5,13(18)19-4)23-12(8)11(17)10-7-21-14(2,3)22-10/h8-12,16-17H,6-7H2,1-5H3/t8-,9-,10-,11-,12?,15+/m1/s1. The van der Waals surface area contributed by atoms with E-state index in [2.05, 4.69) is 0 Å². The smallest absolute Gasteiger partial charge is 0.366 e. The maximum Gasteiger partial charge on any atom is 0.366 e. The third-order valence-corrected chi connectivity index (χ3v) is 4.50. The van der Waals surface area contributed by atoms with Gasteiger partial charge in [-0.3, -0.25) is 0 Å². The molecule has 0 saturated carbocycles. The van der Waals surface area contributed by atoms with Gasteiger partial charge in [-0.05, 0) is 13.8 Å². The molecule has 134 valence electrons. The van der Waals surface area contributed by atoms with E-state index in [0.29, 0.717) is 0 Å². The molecule has 2 fully saturated rings. The Hall–Kier alpha value is -0.770. The van der Waals surface area contributed by atoms with Gasteiger partial charge in [-0.15, -0.1) is 0 Å². The molecule has 2 aliphatic rings. The molecule has 0 amide bonds. The molecule has 1 unspecified atom stereocenters. The Kier molecular flexibility index (Phi) is 5.34. The van der Waals surface area contributed by atoms with E-state index < -0.39 is 47.9 Å². The average molecular weight is 334 g/mol. The number of aliphatic hydroxyl groups excluding tert-OH is 2. The Morgan fingerprint density at radius 2 is 1.96 bits per heavy atom. The molecular formula is C15H26O8. The summed E-state index contributed by atoms with van der Waals surface area (Å²) in [6, 6.07) is 0. The van der Waals surface area contributed by atoms with Crippen LogP contribution in [0.3, 0.4) is 0 Å². The van der Waals surface area contributed by atoms with E-state index in [4.69, 9.17) is 23.7 Å². The summed E-state index contributed by atoms with van der Waals surface area (Å²) in [5.74, 6) is -3.73. The summed E-state index contributed by atoms with van der Waals surface area (Å²) >= 11 is 0. The largest absolute Gasteiger partial charge is 0.465 e. The predicted octanol–water partition coefficient (Wildman–Crippen LogP) is -0.200. The third kappa shape index (κ3) is 3.52. The van der Waals surface area contributed by atoms with Gasteiger partial charge in [-0.25, -0.2) is 4.79 Å². The molecule has 0 radical (unpaired) electrons. The molecule has 2 saturated heterocycles. The Balaban J connectivity index is 2.20. The summed E-state index contributed by atoms with van der Waals surface area (Å²) in [5, 5.41) is 20.9. The molecule has 2 aliphatic heterocycles. The molecule has 0 spiro atoms. The molecule has 2 N–H and O–H groups in total. The fraction of sp³-hybridized carbons (Fsp3) is 0.933. The van der Waals surface area contributed by atoms with Crippen molar-refractivity contribution in [3.63, 3.8) is 0 Å². The second-order valence-corrected chi connectivity index (χ2v) is 6.52. The molecule has 0 aliphatic carbocycles. The third-order valence-electron chi connectivity index (χ3n) is 4.50. The molecule has 0 aromatic rings. The van der Waals surface area contributed by atoms with Crippen LogP contribution in [0.4, 0.5) is 0 Å². The van der Waals surface area contributed by atoms with Crippen molar-refractivity contribution >= 4 is 5.97 Å². The molecule has 0 aromatic heterocycles. The molecule has 0 aromatic carbocycles. The van der Waals surface area contributed by atoms with E-state index in [9.17, 15) is 15.0 Å². The molecular weight excluding hydrogens is 308 g/mol. The van der Waals surface area contributed by atoms with Gasteiger partial charge in [-0.1, -0.05) is 6.92 Å². The number of rotatable bonds is 4. The minimum atomic E-state index is -1.75. The predicted molar refractivity (Wildman–Crippen MR) is 77.3 cm³/mol. The number of hydrogen-bond acceptors (Lipinski definition) is 8. The highest BCUT2D eigenvalue weighted by Gasteiger charge is 2.55. The van der Waals surface area contributed by atoms with E-state index in [1.165, 1.54) is 14.2 Å². The lowest BCUT2D eigenvalue weighted by Gasteiger charge is -2.45. The summed E-state index contributed by atoms with van der Waals surface area (Å²) in [5.41, 5.74) is 0. The van der Waals surface area contributed by atoms with Crippen LogP contribution in [0.5, 0.6) is 0 Å². The molecule has 0 bridgehead atoms. The van der Waals surface area contributed by atoms with Gasteiger partial charge in [-0.2, -0.15) is 0 Å². The van der Waals surface area contributed by atoms with Gasteiger partial charge >= 0.3 is 5.97 Å². The molecule has 8 nitrogen and oxygen atoms in total. The van der Waals surface area contributed by atoms with Crippen LogP contribution in [0.2, 0.25) is 0 Å². The number of ether oxygens (including phenoxy) is 5. The van der Waals surface area contributed by atoms with Crippen molar-refractivity contribution < 1.29 is 38.7 Å². The normalized spacial score (nSPS) is 41.5. The molecule has 6 atom stereocenters.